The molecule has 0 radical (unpaired) electrons. The van der Waals surface area contributed by atoms with E-state index in [1.807, 2.05) is 48.5 Å². The molecule has 0 spiro atoms. The van der Waals surface area contributed by atoms with Crippen molar-refractivity contribution >= 4 is 21.7 Å². The Hall–Kier alpha value is -2.61. The van der Waals surface area contributed by atoms with Gasteiger partial charge in [-0.25, -0.2) is 0 Å². The van der Waals surface area contributed by atoms with Crippen molar-refractivity contribution in [2.75, 3.05) is 0 Å². The third-order valence-corrected chi connectivity index (χ3v) is 3.39. The van der Waals surface area contributed by atoms with E-state index >= 15 is 0 Å². The van der Waals surface area contributed by atoms with E-state index in [9.17, 15) is 0 Å². The maximum Gasteiger partial charge on any atom is 0.168 e. The molecule has 0 saturated heterocycles. The highest BCUT2D eigenvalue weighted by Crippen LogP contribution is 2.30. The molecule has 0 N–H and O–H groups in total. The first-order chi connectivity index (χ1) is 9.42. The zero-order valence-electron chi connectivity index (χ0n) is 10.2. The minimum absolute atomic E-state index is 0.831. The Labute approximate surface area is 110 Å². The van der Waals surface area contributed by atoms with Gasteiger partial charge < -0.3 is 4.52 Å². The number of fused-ring (bicyclic) bond motifs is 2. The molecule has 0 saturated carbocycles. The third kappa shape index (κ3) is 1.61. The molecule has 0 fully saturated rings. The van der Waals surface area contributed by atoms with Crippen LogP contribution in [0.1, 0.15) is 0 Å². The largest absolute Gasteiger partial charge is 0.356 e. The van der Waals surface area contributed by atoms with Crippen LogP contribution >= 0.6 is 0 Å². The van der Waals surface area contributed by atoms with Gasteiger partial charge in [-0.15, -0.1) is 0 Å². The topological polar surface area (TPSA) is 26.0 Å². The second-order valence-corrected chi connectivity index (χ2v) is 4.59. The summed E-state index contributed by atoms with van der Waals surface area (Å²) >= 11 is 0. The monoisotopic (exact) mass is 245 g/mol. The Morgan fingerprint density at radius 3 is 2.21 bits per heavy atom. The fourth-order valence-corrected chi connectivity index (χ4v) is 2.43. The Balaban J connectivity index is 2.05. The van der Waals surface area contributed by atoms with Crippen LogP contribution < -0.4 is 0 Å². The lowest BCUT2D eigenvalue weighted by atomic mass is 10.0. The van der Waals surface area contributed by atoms with E-state index in [2.05, 4.69) is 23.4 Å². The Morgan fingerprint density at radius 1 is 0.737 bits per heavy atom. The summed E-state index contributed by atoms with van der Waals surface area (Å²) in [5, 5.41) is 7.65. The molecule has 0 bridgehead atoms. The molecule has 3 aromatic carbocycles. The van der Waals surface area contributed by atoms with Crippen LogP contribution in [0.2, 0.25) is 0 Å². The van der Waals surface area contributed by atoms with Crippen LogP contribution in [0.3, 0.4) is 0 Å². The molecule has 0 atom stereocenters. The van der Waals surface area contributed by atoms with E-state index in [0.29, 0.717) is 0 Å². The van der Waals surface area contributed by atoms with Gasteiger partial charge in [0.15, 0.2) is 5.58 Å². The first kappa shape index (κ1) is 10.3. The molecule has 2 nitrogen and oxygen atoms in total. The molecule has 0 amide bonds. The number of rotatable bonds is 1. The SMILES string of the molecule is c1ccc(-c2noc3cc4ccccc4cc23)cc1. The van der Waals surface area contributed by atoms with E-state index in [1.54, 1.807) is 0 Å². The predicted octanol–water partition coefficient (Wildman–Crippen LogP) is 4.65. The molecule has 4 aromatic rings. The summed E-state index contributed by atoms with van der Waals surface area (Å²) in [5.74, 6) is 0. The maximum atomic E-state index is 5.46. The summed E-state index contributed by atoms with van der Waals surface area (Å²) in [5.41, 5.74) is 2.82. The van der Waals surface area contributed by atoms with Gasteiger partial charge in [0.25, 0.3) is 0 Å². The summed E-state index contributed by atoms with van der Waals surface area (Å²) in [6.45, 7) is 0. The van der Waals surface area contributed by atoms with Gasteiger partial charge >= 0.3 is 0 Å². The van der Waals surface area contributed by atoms with Crippen molar-refractivity contribution in [1.82, 2.24) is 5.16 Å². The van der Waals surface area contributed by atoms with Gasteiger partial charge in [0.1, 0.15) is 5.69 Å². The molecule has 0 unspecified atom stereocenters. The van der Waals surface area contributed by atoms with E-state index in [1.165, 1.54) is 10.8 Å². The third-order valence-electron chi connectivity index (χ3n) is 3.39. The van der Waals surface area contributed by atoms with Crippen LogP contribution in [0, 0.1) is 0 Å². The van der Waals surface area contributed by atoms with Crippen LogP contribution in [-0.4, -0.2) is 5.16 Å². The lowest BCUT2D eigenvalue weighted by molar-refractivity contribution is 0.459. The minimum Gasteiger partial charge on any atom is -0.356 e. The van der Waals surface area contributed by atoms with Gasteiger partial charge in [0.2, 0.25) is 0 Å². The van der Waals surface area contributed by atoms with Crippen molar-refractivity contribution in [3.8, 4) is 11.3 Å². The van der Waals surface area contributed by atoms with Crippen LogP contribution in [0.5, 0.6) is 0 Å². The highest BCUT2D eigenvalue weighted by Gasteiger charge is 2.10. The average molecular weight is 245 g/mol. The quantitative estimate of drug-likeness (QED) is 0.488. The molecular weight excluding hydrogens is 234 g/mol. The second kappa shape index (κ2) is 3.95. The Bertz CT molecular complexity index is 862. The van der Waals surface area contributed by atoms with Crippen molar-refractivity contribution in [2.45, 2.75) is 0 Å². The summed E-state index contributed by atoms with van der Waals surface area (Å²) in [6.07, 6.45) is 0. The van der Waals surface area contributed by atoms with Gasteiger partial charge in [-0.3, -0.25) is 0 Å². The molecule has 90 valence electrons. The number of benzene rings is 3. The molecule has 0 aliphatic rings. The van der Waals surface area contributed by atoms with Crippen molar-refractivity contribution in [1.29, 1.82) is 0 Å². The molecule has 19 heavy (non-hydrogen) atoms. The van der Waals surface area contributed by atoms with Crippen molar-refractivity contribution in [3.63, 3.8) is 0 Å². The summed E-state index contributed by atoms with van der Waals surface area (Å²) < 4.78 is 5.46. The maximum absolute atomic E-state index is 5.46. The lowest BCUT2D eigenvalue weighted by Gasteiger charge is -1.98. The van der Waals surface area contributed by atoms with E-state index in [4.69, 9.17) is 4.52 Å². The smallest absolute Gasteiger partial charge is 0.168 e. The van der Waals surface area contributed by atoms with Crippen LogP contribution in [0.15, 0.2) is 71.3 Å². The van der Waals surface area contributed by atoms with E-state index in [0.717, 1.165) is 22.2 Å². The number of aromatic nitrogens is 1. The Morgan fingerprint density at radius 2 is 1.42 bits per heavy atom. The van der Waals surface area contributed by atoms with Crippen LogP contribution in [-0.2, 0) is 0 Å². The zero-order valence-corrected chi connectivity index (χ0v) is 10.2. The number of hydrogen-bond donors (Lipinski definition) is 0. The first-order valence-corrected chi connectivity index (χ1v) is 6.25. The van der Waals surface area contributed by atoms with Gasteiger partial charge in [-0.2, -0.15) is 0 Å². The molecule has 4 rings (SSSR count). The van der Waals surface area contributed by atoms with E-state index in [-0.39, 0.29) is 0 Å². The van der Waals surface area contributed by atoms with Gasteiger partial charge in [0, 0.05) is 5.56 Å². The molecule has 1 aromatic heterocycles. The Kier molecular flexibility index (Phi) is 2.15. The number of nitrogens with zero attached hydrogens (tertiary/aromatic N) is 1. The zero-order chi connectivity index (χ0) is 12.7. The van der Waals surface area contributed by atoms with E-state index < -0.39 is 0 Å². The first-order valence-electron chi connectivity index (χ1n) is 6.25. The minimum atomic E-state index is 0.831. The fraction of sp³-hybridized carbons (Fsp3) is 0. The van der Waals surface area contributed by atoms with Crippen molar-refractivity contribution < 1.29 is 4.52 Å². The van der Waals surface area contributed by atoms with Crippen molar-refractivity contribution in [3.05, 3.63) is 66.7 Å². The normalized spacial score (nSPS) is 11.2. The molecular formula is C17H11NO. The summed E-state index contributed by atoms with van der Waals surface area (Å²) in [4.78, 5) is 0. The lowest BCUT2D eigenvalue weighted by Crippen LogP contribution is -1.77. The fourth-order valence-electron chi connectivity index (χ4n) is 2.43. The average Bonchev–Trinajstić information content (AvgIpc) is 2.88. The molecule has 1 heterocycles. The van der Waals surface area contributed by atoms with Crippen LogP contribution in [0.4, 0.5) is 0 Å². The standard InChI is InChI=1S/C17H11NO/c1-2-6-12(7-3-1)17-15-10-13-8-4-5-9-14(13)11-16(15)19-18-17/h1-11H. The van der Waals surface area contributed by atoms with Crippen molar-refractivity contribution in [2.24, 2.45) is 0 Å². The number of hydrogen-bond acceptors (Lipinski definition) is 2. The predicted molar refractivity (Wildman–Crippen MR) is 77.0 cm³/mol. The molecule has 0 aliphatic carbocycles. The molecule has 2 heteroatoms. The highest BCUT2D eigenvalue weighted by atomic mass is 16.5. The van der Waals surface area contributed by atoms with Gasteiger partial charge in [0.05, 0.1) is 5.39 Å². The summed E-state index contributed by atoms with van der Waals surface area (Å²) in [6, 6.07) is 22.6. The second-order valence-electron chi connectivity index (χ2n) is 4.59. The molecule has 0 aliphatic heterocycles. The van der Waals surface area contributed by atoms with Gasteiger partial charge in [-0.1, -0.05) is 59.8 Å². The highest BCUT2D eigenvalue weighted by molar-refractivity contribution is 6.01. The van der Waals surface area contributed by atoms with Gasteiger partial charge in [-0.05, 0) is 22.9 Å². The van der Waals surface area contributed by atoms with Crippen LogP contribution in [0.25, 0.3) is 33.0 Å². The summed E-state index contributed by atoms with van der Waals surface area (Å²) in [7, 11) is 0.